The van der Waals surface area contributed by atoms with Crippen LogP contribution in [0.4, 0.5) is 0 Å². The number of hydrogen-bond donors (Lipinski definition) is 2. The second-order valence-corrected chi connectivity index (χ2v) is 3.79. The summed E-state index contributed by atoms with van der Waals surface area (Å²) in [5, 5.41) is 5.17. The van der Waals surface area contributed by atoms with Crippen molar-refractivity contribution in [3.8, 4) is 0 Å². The van der Waals surface area contributed by atoms with Crippen LogP contribution in [-0.2, 0) is 19.1 Å². The van der Waals surface area contributed by atoms with Gasteiger partial charge in [0.25, 0.3) is 0 Å². The predicted octanol–water partition coefficient (Wildman–Crippen LogP) is -0.810. The zero-order valence-corrected chi connectivity index (χ0v) is 9.41. The third kappa shape index (κ3) is 3.22. The van der Waals surface area contributed by atoms with E-state index in [1.165, 1.54) is 14.0 Å². The van der Waals surface area contributed by atoms with Crippen LogP contribution in [0.15, 0.2) is 0 Å². The largest absolute Gasteiger partial charge is 0.467 e. The molecule has 0 spiro atoms. The van der Waals surface area contributed by atoms with E-state index in [-0.39, 0.29) is 24.2 Å². The Kier molecular flexibility index (Phi) is 4.28. The zero-order chi connectivity index (χ0) is 12.1. The molecule has 6 heteroatoms. The molecule has 0 bridgehead atoms. The van der Waals surface area contributed by atoms with Gasteiger partial charge in [-0.15, -0.1) is 0 Å². The monoisotopic (exact) mass is 228 g/mol. The zero-order valence-electron chi connectivity index (χ0n) is 9.41. The van der Waals surface area contributed by atoms with E-state index in [1.807, 2.05) is 0 Å². The van der Waals surface area contributed by atoms with Crippen LogP contribution in [0.2, 0.25) is 0 Å². The Morgan fingerprint density at radius 3 is 2.75 bits per heavy atom. The lowest BCUT2D eigenvalue weighted by Gasteiger charge is -2.17. The lowest BCUT2D eigenvalue weighted by Crippen LogP contribution is -2.42. The number of amides is 2. The minimum atomic E-state index is -0.739. The molecule has 1 aliphatic rings. The van der Waals surface area contributed by atoms with Gasteiger partial charge in [-0.3, -0.25) is 9.59 Å². The summed E-state index contributed by atoms with van der Waals surface area (Å²) in [5.41, 5.74) is 0. The van der Waals surface area contributed by atoms with Gasteiger partial charge in [-0.25, -0.2) is 4.79 Å². The molecule has 1 rings (SSSR count). The third-order valence-corrected chi connectivity index (χ3v) is 2.55. The van der Waals surface area contributed by atoms with Gasteiger partial charge < -0.3 is 15.4 Å². The van der Waals surface area contributed by atoms with Crippen LogP contribution < -0.4 is 10.6 Å². The van der Waals surface area contributed by atoms with E-state index in [0.29, 0.717) is 13.0 Å². The molecular weight excluding hydrogens is 212 g/mol. The topological polar surface area (TPSA) is 84.5 Å². The van der Waals surface area contributed by atoms with Gasteiger partial charge in [0.15, 0.2) is 0 Å². The number of rotatable bonds is 4. The van der Waals surface area contributed by atoms with Gasteiger partial charge in [-0.05, 0) is 12.8 Å². The van der Waals surface area contributed by atoms with Crippen LogP contribution in [-0.4, -0.2) is 37.5 Å². The maximum atomic E-state index is 11.4. The van der Waals surface area contributed by atoms with Gasteiger partial charge in [-0.2, -0.15) is 0 Å². The fourth-order valence-corrected chi connectivity index (χ4v) is 1.76. The minimum Gasteiger partial charge on any atom is -0.467 e. The highest BCUT2D eigenvalue weighted by molar-refractivity contribution is 5.85. The van der Waals surface area contributed by atoms with Crippen molar-refractivity contribution in [1.29, 1.82) is 0 Å². The number of carbonyl (C=O) groups excluding carboxylic acids is 3. The van der Waals surface area contributed by atoms with Crippen LogP contribution in [0, 0.1) is 5.92 Å². The van der Waals surface area contributed by atoms with Gasteiger partial charge in [0.1, 0.15) is 6.04 Å². The Morgan fingerprint density at radius 1 is 1.62 bits per heavy atom. The molecule has 1 aliphatic heterocycles. The quantitative estimate of drug-likeness (QED) is 0.616. The van der Waals surface area contributed by atoms with Crippen molar-refractivity contribution in [2.45, 2.75) is 25.8 Å². The van der Waals surface area contributed by atoms with Crippen molar-refractivity contribution in [1.82, 2.24) is 10.6 Å². The SMILES string of the molecule is COC(=O)[C@H](C[C@@H]1CCNC1=O)NC(C)=O. The fraction of sp³-hybridized carbons (Fsp3) is 0.700. The van der Waals surface area contributed by atoms with E-state index in [4.69, 9.17) is 0 Å². The summed E-state index contributed by atoms with van der Waals surface area (Å²) in [6.07, 6.45) is 0.976. The molecule has 0 aromatic carbocycles. The Morgan fingerprint density at radius 2 is 2.31 bits per heavy atom. The average molecular weight is 228 g/mol. The maximum Gasteiger partial charge on any atom is 0.328 e. The highest BCUT2D eigenvalue weighted by atomic mass is 16.5. The average Bonchev–Trinajstić information content (AvgIpc) is 2.61. The van der Waals surface area contributed by atoms with E-state index in [2.05, 4.69) is 15.4 Å². The second kappa shape index (κ2) is 5.48. The van der Waals surface area contributed by atoms with E-state index in [1.54, 1.807) is 0 Å². The summed E-state index contributed by atoms with van der Waals surface area (Å²) in [7, 11) is 1.26. The summed E-state index contributed by atoms with van der Waals surface area (Å²) >= 11 is 0. The molecule has 0 aromatic rings. The maximum absolute atomic E-state index is 11.4. The Bertz CT molecular complexity index is 303. The molecule has 0 aromatic heterocycles. The molecule has 0 unspecified atom stereocenters. The van der Waals surface area contributed by atoms with E-state index >= 15 is 0 Å². The standard InChI is InChI=1S/C10H16N2O4/c1-6(13)12-8(10(15)16-2)5-7-3-4-11-9(7)14/h7-8H,3-5H2,1-2H3,(H,11,14)(H,12,13)/t7-,8-/m0/s1. The summed E-state index contributed by atoms with van der Waals surface area (Å²) in [5.74, 6) is -1.13. The number of methoxy groups -OCH3 is 1. The van der Waals surface area contributed by atoms with Crippen molar-refractivity contribution in [2.24, 2.45) is 5.92 Å². The van der Waals surface area contributed by atoms with Gasteiger partial charge in [-0.1, -0.05) is 0 Å². The first-order valence-corrected chi connectivity index (χ1v) is 5.17. The first kappa shape index (κ1) is 12.5. The summed E-state index contributed by atoms with van der Waals surface area (Å²) in [6, 6.07) is -0.739. The van der Waals surface area contributed by atoms with Crippen LogP contribution >= 0.6 is 0 Å². The molecule has 6 nitrogen and oxygen atoms in total. The lowest BCUT2D eigenvalue weighted by atomic mass is 9.98. The summed E-state index contributed by atoms with van der Waals surface area (Å²) in [4.78, 5) is 33.6. The first-order valence-electron chi connectivity index (χ1n) is 5.17. The molecule has 2 atom stereocenters. The third-order valence-electron chi connectivity index (χ3n) is 2.55. The Labute approximate surface area is 93.7 Å². The number of esters is 1. The molecule has 0 radical (unpaired) electrons. The van der Waals surface area contributed by atoms with E-state index < -0.39 is 12.0 Å². The molecular formula is C10H16N2O4. The second-order valence-electron chi connectivity index (χ2n) is 3.79. The van der Waals surface area contributed by atoms with Gasteiger partial charge in [0.2, 0.25) is 11.8 Å². The highest BCUT2D eigenvalue weighted by Crippen LogP contribution is 2.16. The lowest BCUT2D eigenvalue weighted by molar-refractivity contribution is -0.145. The normalized spacial score (nSPS) is 21.1. The van der Waals surface area contributed by atoms with Crippen molar-refractivity contribution in [3.05, 3.63) is 0 Å². The molecule has 2 amide bonds. The molecule has 1 saturated heterocycles. The molecule has 90 valence electrons. The van der Waals surface area contributed by atoms with Gasteiger partial charge in [0, 0.05) is 19.4 Å². The Balaban J connectivity index is 2.58. The van der Waals surface area contributed by atoms with Crippen LogP contribution in [0.1, 0.15) is 19.8 Å². The van der Waals surface area contributed by atoms with Crippen molar-refractivity contribution >= 4 is 17.8 Å². The van der Waals surface area contributed by atoms with Crippen molar-refractivity contribution < 1.29 is 19.1 Å². The first-order chi connectivity index (χ1) is 7.54. The highest BCUT2D eigenvalue weighted by Gasteiger charge is 2.31. The smallest absolute Gasteiger partial charge is 0.328 e. The number of ether oxygens (including phenoxy) is 1. The van der Waals surface area contributed by atoms with Crippen LogP contribution in [0.3, 0.4) is 0 Å². The fourth-order valence-electron chi connectivity index (χ4n) is 1.76. The molecule has 0 saturated carbocycles. The summed E-state index contributed by atoms with van der Waals surface area (Å²) in [6.45, 7) is 1.95. The molecule has 2 N–H and O–H groups in total. The molecule has 0 aliphatic carbocycles. The predicted molar refractivity (Wildman–Crippen MR) is 55.4 cm³/mol. The van der Waals surface area contributed by atoms with E-state index in [0.717, 1.165) is 0 Å². The number of hydrogen-bond acceptors (Lipinski definition) is 4. The van der Waals surface area contributed by atoms with Crippen molar-refractivity contribution in [2.75, 3.05) is 13.7 Å². The molecule has 16 heavy (non-hydrogen) atoms. The van der Waals surface area contributed by atoms with Crippen LogP contribution in [0.25, 0.3) is 0 Å². The van der Waals surface area contributed by atoms with Crippen LogP contribution in [0.5, 0.6) is 0 Å². The number of carbonyl (C=O) groups is 3. The van der Waals surface area contributed by atoms with Gasteiger partial charge >= 0.3 is 5.97 Å². The van der Waals surface area contributed by atoms with Gasteiger partial charge in [0.05, 0.1) is 7.11 Å². The molecule has 1 fully saturated rings. The minimum absolute atomic E-state index is 0.0701. The summed E-state index contributed by atoms with van der Waals surface area (Å²) < 4.78 is 4.57. The number of nitrogens with one attached hydrogen (secondary N) is 2. The van der Waals surface area contributed by atoms with Crippen molar-refractivity contribution in [3.63, 3.8) is 0 Å². The van der Waals surface area contributed by atoms with E-state index in [9.17, 15) is 14.4 Å². The Hall–Kier alpha value is -1.59. The molecule has 1 heterocycles.